The zero-order chi connectivity index (χ0) is 14.7. The summed E-state index contributed by atoms with van der Waals surface area (Å²) in [4.78, 5) is 0. The van der Waals surface area contributed by atoms with Crippen LogP contribution in [-0.2, 0) is 6.54 Å². The van der Waals surface area contributed by atoms with E-state index in [4.69, 9.17) is 0 Å². The number of hydrogen-bond acceptors (Lipinski definition) is 2. The van der Waals surface area contributed by atoms with Crippen molar-refractivity contribution < 1.29 is 0 Å². The molecule has 0 saturated carbocycles. The summed E-state index contributed by atoms with van der Waals surface area (Å²) in [5.74, 6) is 1.05. The SMILES string of the molecule is CCSC(c1ccccc1)c1cc(C#N)c2n1CCC=C2. The highest BCUT2D eigenvalue weighted by atomic mass is 32.2. The highest BCUT2D eigenvalue weighted by Crippen LogP contribution is 2.38. The molecule has 0 spiro atoms. The van der Waals surface area contributed by atoms with Crippen LogP contribution in [0.5, 0.6) is 0 Å². The van der Waals surface area contributed by atoms with Crippen molar-refractivity contribution in [1.82, 2.24) is 4.57 Å². The van der Waals surface area contributed by atoms with Crippen molar-refractivity contribution in [3.8, 4) is 6.07 Å². The van der Waals surface area contributed by atoms with Crippen molar-refractivity contribution in [2.24, 2.45) is 0 Å². The maximum Gasteiger partial charge on any atom is 0.101 e. The third kappa shape index (κ3) is 2.64. The number of nitriles is 1. The van der Waals surface area contributed by atoms with Crippen LogP contribution in [0.4, 0.5) is 0 Å². The fraction of sp³-hybridized carbons (Fsp3) is 0.278. The molecule has 0 fully saturated rings. The van der Waals surface area contributed by atoms with Gasteiger partial charge < -0.3 is 4.57 Å². The van der Waals surface area contributed by atoms with Gasteiger partial charge in [0.15, 0.2) is 0 Å². The molecule has 0 amide bonds. The second kappa shape index (κ2) is 6.24. The first-order valence-corrected chi connectivity index (χ1v) is 8.36. The van der Waals surface area contributed by atoms with E-state index in [9.17, 15) is 5.26 Å². The van der Waals surface area contributed by atoms with E-state index in [-0.39, 0.29) is 0 Å². The Morgan fingerprint density at radius 2 is 2.14 bits per heavy atom. The lowest BCUT2D eigenvalue weighted by atomic mass is 10.1. The molecular formula is C18H18N2S. The molecule has 1 aromatic heterocycles. The number of nitrogens with zero attached hydrogens (tertiary/aromatic N) is 2. The van der Waals surface area contributed by atoms with Crippen molar-refractivity contribution in [3.63, 3.8) is 0 Å². The molecule has 1 aromatic carbocycles. The summed E-state index contributed by atoms with van der Waals surface area (Å²) in [6, 6.07) is 15.0. The van der Waals surface area contributed by atoms with Gasteiger partial charge in [0.05, 0.1) is 16.5 Å². The van der Waals surface area contributed by atoms with E-state index in [1.165, 1.54) is 11.3 Å². The van der Waals surface area contributed by atoms with Gasteiger partial charge in [-0.1, -0.05) is 43.3 Å². The molecule has 2 nitrogen and oxygen atoms in total. The summed E-state index contributed by atoms with van der Waals surface area (Å²) in [6.45, 7) is 3.15. The molecule has 1 unspecified atom stereocenters. The van der Waals surface area contributed by atoms with Crippen LogP contribution in [0.2, 0.25) is 0 Å². The molecule has 0 N–H and O–H groups in total. The first-order chi connectivity index (χ1) is 10.3. The highest BCUT2D eigenvalue weighted by molar-refractivity contribution is 7.99. The third-order valence-corrected chi connectivity index (χ3v) is 4.97. The number of aromatic nitrogens is 1. The van der Waals surface area contributed by atoms with Gasteiger partial charge in [0, 0.05) is 12.2 Å². The van der Waals surface area contributed by atoms with Gasteiger partial charge in [0.1, 0.15) is 6.07 Å². The molecule has 0 aliphatic carbocycles. The van der Waals surface area contributed by atoms with E-state index >= 15 is 0 Å². The predicted octanol–water partition coefficient (Wildman–Crippen LogP) is 4.62. The monoisotopic (exact) mass is 294 g/mol. The van der Waals surface area contributed by atoms with Crippen molar-refractivity contribution in [2.45, 2.75) is 25.1 Å². The summed E-state index contributed by atoms with van der Waals surface area (Å²) in [6.07, 6.45) is 5.28. The molecule has 106 valence electrons. The Morgan fingerprint density at radius 1 is 1.33 bits per heavy atom. The lowest BCUT2D eigenvalue weighted by molar-refractivity contribution is 0.664. The standard InChI is InChI=1S/C18H18N2S/c1-2-21-18(14-8-4-3-5-9-14)17-12-15(13-19)16-10-6-7-11-20(16)17/h3-6,8-10,12,18H,2,7,11H2,1H3. The van der Waals surface area contributed by atoms with Crippen LogP contribution in [0.15, 0.2) is 42.5 Å². The van der Waals surface area contributed by atoms with Crippen LogP contribution in [0, 0.1) is 11.3 Å². The van der Waals surface area contributed by atoms with Crippen LogP contribution in [-0.4, -0.2) is 10.3 Å². The largest absolute Gasteiger partial charge is 0.342 e. The summed E-state index contributed by atoms with van der Waals surface area (Å²) in [7, 11) is 0. The second-order valence-electron chi connectivity index (χ2n) is 5.07. The number of fused-ring (bicyclic) bond motifs is 1. The number of hydrogen-bond donors (Lipinski definition) is 0. The molecule has 0 saturated heterocycles. The summed E-state index contributed by atoms with van der Waals surface area (Å²) in [5, 5.41) is 9.68. The molecule has 2 heterocycles. The van der Waals surface area contributed by atoms with E-state index in [0.717, 1.165) is 30.0 Å². The van der Waals surface area contributed by atoms with Crippen molar-refractivity contribution in [1.29, 1.82) is 5.26 Å². The number of benzene rings is 1. The Balaban J connectivity index is 2.11. The van der Waals surface area contributed by atoms with E-state index in [2.05, 4.69) is 60.0 Å². The maximum absolute atomic E-state index is 9.39. The fourth-order valence-corrected chi connectivity index (χ4v) is 3.91. The third-order valence-electron chi connectivity index (χ3n) is 3.79. The lowest BCUT2D eigenvalue weighted by Gasteiger charge is -2.21. The summed E-state index contributed by atoms with van der Waals surface area (Å²) < 4.78 is 2.32. The van der Waals surface area contributed by atoms with Gasteiger partial charge in [0.2, 0.25) is 0 Å². The molecule has 1 aliphatic heterocycles. The Morgan fingerprint density at radius 3 is 2.86 bits per heavy atom. The van der Waals surface area contributed by atoms with Gasteiger partial charge in [-0.2, -0.15) is 5.26 Å². The topological polar surface area (TPSA) is 28.7 Å². The second-order valence-corrected chi connectivity index (χ2v) is 6.45. The van der Waals surface area contributed by atoms with Gasteiger partial charge in [-0.3, -0.25) is 0 Å². The molecule has 0 bridgehead atoms. The average Bonchev–Trinajstić information content (AvgIpc) is 2.92. The van der Waals surface area contributed by atoms with E-state index < -0.39 is 0 Å². The van der Waals surface area contributed by atoms with Crippen molar-refractivity contribution >= 4 is 17.8 Å². The zero-order valence-electron chi connectivity index (χ0n) is 12.1. The van der Waals surface area contributed by atoms with Crippen LogP contribution >= 0.6 is 11.8 Å². The smallest absolute Gasteiger partial charge is 0.101 e. The number of rotatable bonds is 4. The Hall–Kier alpha value is -1.92. The zero-order valence-corrected chi connectivity index (χ0v) is 12.9. The highest BCUT2D eigenvalue weighted by Gasteiger charge is 2.23. The minimum absolute atomic E-state index is 0.295. The fourth-order valence-electron chi connectivity index (χ4n) is 2.87. The number of thioether (sulfide) groups is 1. The Bertz CT molecular complexity index is 692. The van der Waals surface area contributed by atoms with E-state index in [1.54, 1.807) is 0 Å². The average molecular weight is 294 g/mol. The molecule has 1 atom stereocenters. The van der Waals surface area contributed by atoms with Crippen molar-refractivity contribution in [3.05, 3.63) is 65.0 Å². The number of allylic oxidation sites excluding steroid dienone is 1. The minimum Gasteiger partial charge on any atom is -0.342 e. The molecular weight excluding hydrogens is 276 g/mol. The van der Waals surface area contributed by atoms with Gasteiger partial charge in [-0.25, -0.2) is 0 Å². The summed E-state index contributed by atoms with van der Waals surface area (Å²) in [5.41, 5.74) is 4.42. The molecule has 1 aliphatic rings. The molecule has 3 heteroatoms. The van der Waals surface area contributed by atoms with Crippen LogP contribution < -0.4 is 0 Å². The van der Waals surface area contributed by atoms with E-state index in [0.29, 0.717) is 5.25 Å². The van der Waals surface area contributed by atoms with Crippen LogP contribution in [0.1, 0.15) is 41.1 Å². The Labute approximate surface area is 130 Å². The van der Waals surface area contributed by atoms with Crippen LogP contribution in [0.25, 0.3) is 6.08 Å². The first-order valence-electron chi connectivity index (χ1n) is 7.31. The van der Waals surface area contributed by atoms with Gasteiger partial charge >= 0.3 is 0 Å². The van der Waals surface area contributed by atoms with Gasteiger partial charge in [-0.05, 0) is 29.9 Å². The lowest BCUT2D eigenvalue weighted by Crippen LogP contribution is -2.10. The summed E-state index contributed by atoms with van der Waals surface area (Å²) >= 11 is 1.92. The van der Waals surface area contributed by atoms with Crippen LogP contribution in [0.3, 0.4) is 0 Å². The minimum atomic E-state index is 0.295. The normalized spacial score (nSPS) is 14.5. The molecule has 0 radical (unpaired) electrons. The van der Waals surface area contributed by atoms with Gasteiger partial charge in [-0.15, -0.1) is 11.8 Å². The predicted molar refractivity (Wildman–Crippen MR) is 89.2 cm³/mol. The quantitative estimate of drug-likeness (QED) is 0.823. The van der Waals surface area contributed by atoms with Crippen molar-refractivity contribution in [2.75, 3.05) is 5.75 Å². The molecule has 21 heavy (non-hydrogen) atoms. The first kappa shape index (κ1) is 14.0. The Kier molecular flexibility index (Phi) is 4.17. The molecule has 3 rings (SSSR count). The molecule has 2 aromatic rings. The van der Waals surface area contributed by atoms with E-state index in [1.807, 2.05) is 17.8 Å². The maximum atomic E-state index is 9.39. The van der Waals surface area contributed by atoms with Gasteiger partial charge in [0.25, 0.3) is 0 Å².